The second kappa shape index (κ2) is 6.11. The van der Waals surface area contributed by atoms with Crippen LogP contribution in [0.3, 0.4) is 0 Å². The van der Waals surface area contributed by atoms with Crippen LogP contribution in [0.1, 0.15) is 32.1 Å². The van der Waals surface area contributed by atoms with Crippen molar-refractivity contribution >= 4 is 34.1 Å². The van der Waals surface area contributed by atoms with E-state index in [1.54, 1.807) is 12.1 Å². The highest BCUT2D eigenvalue weighted by molar-refractivity contribution is 7.15. The van der Waals surface area contributed by atoms with E-state index in [4.69, 9.17) is 0 Å². The summed E-state index contributed by atoms with van der Waals surface area (Å²) in [7, 11) is 0. The standard InChI is InChI=1S/C16H15N3O2S/c1-10(20)13-6-7-14(22-13)16(21)17-9-8-15-18-11-4-2-3-5-12(11)19-15/h2-7H,8-9H2,1H3,(H,17,21)(H,18,19). The van der Waals surface area contributed by atoms with Crippen molar-refractivity contribution < 1.29 is 9.59 Å². The molecule has 0 bridgehead atoms. The zero-order valence-corrected chi connectivity index (χ0v) is 12.9. The highest BCUT2D eigenvalue weighted by Gasteiger charge is 2.11. The van der Waals surface area contributed by atoms with Gasteiger partial charge in [0.15, 0.2) is 5.78 Å². The van der Waals surface area contributed by atoms with Crippen molar-refractivity contribution in [3.8, 4) is 0 Å². The summed E-state index contributed by atoms with van der Waals surface area (Å²) in [5.74, 6) is 0.664. The number of fused-ring (bicyclic) bond motifs is 1. The van der Waals surface area contributed by atoms with Crippen molar-refractivity contribution in [2.45, 2.75) is 13.3 Å². The Morgan fingerprint density at radius 3 is 2.68 bits per heavy atom. The predicted molar refractivity (Wildman–Crippen MR) is 86.5 cm³/mol. The lowest BCUT2D eigenvalue weighted by Crippen LogP contribution is -2.25. The largest absolute Gasteiger partial charge is 0.351 e. The lowest BCUT2D eigenvalue weighted by atomic mass is 10.3. The van der Waals surface area contributed by atoms with Crippen LogP contribution in [0, 0.1) is 0 Å². The van der Waals surface area contributed by atoms with E-state index in [0.717, 1.165) is 16.9 Å². The number of aromatic nitrogens is 2. The Morgan fingerprint density at radius 1 is 1.18 bits per heavy atom. The molecule has 0 atom stereocenters. The zero-order valence-electron chi connectivity index (χ0n) is 12.1. The van der Waals surface area contributed by atoms with E-state index in [9.17, 15) is 9.59 Å². The Kier molecular flexibility index (Phi) is 4.02. The van der Waals surface area contributed by atoms with Gasteiger partial charge in [0.05, 0.1) is 20.8 Å². The van der Waals surface area contributed by atoms with Gasteiger partial charge in [-0.3, -0.25) is 9.59 Å². The van der Waals surface area contributed by atoms with Crippen LogP contribution in [0.5, 0.6) is 0 Å². The van der Waals surface area contributed by atoms with Crippen molar-refractivity contribution in [3.05, 3.63) is 52.0 Å². The average Bonchev–Trinajstić information content (AvgIpc) is 3.13. The molecule has 0 unspecified atom stereocenters. The number of ketones is 1. The molecule has 1 aromatic carbocycles. The Hall–Kier alpha value is -2.47. The highest BCUT2D eigenvalue weighted by atomic mass is 32.1. The number of hydrogen-bond acceptors (Lipinski definition) is 4. The van der Waals surface area contributed by atoms with Gasteiger partial charge in [0.25, 0.3) is 5.91 Å². The molecule has 2 N–H and O–H groups in total. The fourth-order valence-electron chi connectivity index (χ4n) is 2.15. The van der Waals surface area contributed by atoms with E-state index in [0.29, 0.717) is 22.7 Å². The van der Waals surface area contributed by atoms with E-state index >= 15 is 0 Å². The zero-order chi connectivity index (χ0) is 15.5. The summed E-state index contributed by atoms with van der Waals surface area (Å²) in [5.41, 5.74) is 1.92. The van der Waals surface area contributed by atoms with Gasteiger partial charge in [-0.05, 0) is 31.2 Å². The molecule has 3 aromatic rings. The van der Waals surface area contributed by atoms with Crippen LogP contribution >= 0.6 is 11.3 Å². The maximum absolute atomic E-state index is 12.0. The molecule has 5 nitrogen and oxygen atoms in total. The maximum Gasteiger partial charge on any atom is 0.261 e. The van der Waals surface area contributed by atoms with Gasteiger partial charge >= 0.3 is 0 Å². The summed E-state index contributed by atoms with van der Waals surface area (Å²) in [6.45, 7) is 1.99. The minimum absolute atomic E-state index is 0.0219. The van der Waals surface area contributed by atoms with Crippen LogP contribution in [-0.2, 0) is 6.42 Å². The summed E-state index contributed by atoms with van der Waals surface area (Å²) in [6.07, 6.45) is 0.630. The molecule has 2 heterocycles. The summed E-state index contributed by atoms with van der Waals surface area (Å²) >= 11 is 1.21. The molecular formula is C16H15N3O2S. The van der Waals surface area contributed by atoms with Gasteiger partial charge in [0.1, 0.15) is 5.82 Å². The molecule has 0 spiro atoms. The second-order valence-corrected chi connectivity index (χ2v) is 6.01. The normalized spacial score (nSPS) is 10.8. The SMILES string of the molecule is CC(=O)c1ccc(C(=O)NCCc2nc3ccccc3[nH]2)s1. The van der Waals surface area contributed by atoms with Crippen molar-refractivity contribution in [3.63, 3.8) is 0 Å². The van der Waals surface area contributed by atoms with Gasteiger partial charge in [-0.2, -0.15) is 0 Å². The number of Topliss-reactive ketones (excluding diaryl/α,β-unsaturated/α-hetero) is 1. The van der Waals surface area contributed by atoms with E-state index < -0.39 is 0 Å². The second-order valence-electron chi connectivity index (χ2n) is 4.93. The third kappa shape index (κ3) is 3.07. The first-order valence-electron chi connectivity index (χ1n) is 6.96. The maximum atomic E-state index is 12.0. The molecule has 22 heavy (non-hydrogen) atoms. The predicted octanol–water partition coefficient (Wildman–Crippen LogP) is 2.80. The lowest BCUT2D eigenvalue weighted by Gasteiger charge is -2.01. The van der Waals surface area contributed by atoms with Crippen molar-refractivity contribution in [2.75, 3.05) is 6.54 Å². The number of nitrogens with zero attached hydrogens (tertiary/aromatic N) is 1. The van der Waals surface area contributed by atoms with Crippen LogP contribution in [0.4, 0.5) is 0 Å². The number of H-pyrrole nitrogens is 1. The molecule has 0 saturated carbocycles. The fourth-order valence-corrected chi connectivity index (χ4v) is 2.97. The van der Waals surface area contributed by atoms with Gasteiger partial charge in [0.2, 0.25) is 0 Å². The number of rotatable bonds is 5. The number of imidazole rings is 1. The molecule has 0 fully saturated rings. The molecule has 6 heteroatoms. The Bertz CT molecular complexity index is 802. The molecule has 0 saturated heterocycles. The number of carbonyl (C=O) groups excluding carboxylic acids is 2. The minimum Gasteiger partial charge on any atom is -0.351 e. The number of para-hydroxylation sites is 2. The highest BCUT2D eigenvalue weighted by Crippen LogP contribution is 2.16. The molecule has 2 aromatic heterocycles. The number of hydrogen-bond donors (Lipinski definition) is 2. The number of thiophene rings is 1. The molecule has 3 rings (SSSR count). The van der Waals surface area contributed by atoms with E-state index in [1.807, 2.05) is 24.3 Å². The monoisotopic (exact) mass is 313 g/mol. The lowest BCUT2D eigenvalue weighted by molar-refractivity contribution is 0.0957. The van der Waals surface area contributed by atoms with E-state index in [-0.39, 0.29) is 11.7 Å². The van der Waals surface area contributed by atoms with E-state index in [1.165, 1.54) is 18.3 Å². The molecule has 0 aliphatic carbocycles. The van der Waals surface area contributed by atoms with Gasteiger partial charge in [-0.25, -0.2) is 4.98 Å². The summed E-state index contributed by atoms with van der Waals surface area (Å²) in [5, 5.41) is 2.84. The van der Waals surface area contributed by atoms with Crippen LogP contribution < -0.4 is 5.32 Å². The van der Waals surface area contributed by atoms with Gasteiger partial charge in [-0.1, -0.05) is 12.1 Å². The number of nitrogens with one attached hydrogen (secondary N) is 2. The minimum atomic E-state index is -0.159. The van der Waals surface area contributed by atoms with Crippen molar-refractivity contribution in [2.24, 2.45) is 0 Å². The molecule has 0 aliphatic rings. The van der Waals surface area contributed by atoms with Crippen molar-refractivity contribution in [1.29, 1.82) is 0 Å². The van der Waals surface area contributed by atoms with Crippen LogP contribution in [0.25, 0.3) is 11.0 Å². The fraction of sp³-hybridized carbons (Fsp3) is 0.188. The first kappa shape index (κ1) is 14.5. The quantitative estimate of drug-likeness (QED) is 0.711. The smallest absolute Gasteiger partial charge is 0.261 e. The Morgan fingerprint density at radius 2 is 1.95 bits per heavy atom. The molecule has 0 radical (unpaired) electrons. The Balaban J connectivity index is 1.57. The van der Waals surface area contributed by atoms with Crippen LogP contribution in [0.2, 0.25) is 0 Å². The van der Waals surface area contributed by atoms with Crippen molar-refractivity contribution in [1.82, 2.24) is 15.3 Å². The summed E-state index contributed by atoms with van der Waals surface area (Å²) < 4.78 is 0. The van der Waals surface area contributed by atoms with Gasteiger partial charge < -0.3 is 10.3 Å². The first-order chi connectivity index (χ1) is 10.6. The van der Waals surface area contributed by atoms with Crippen LogP contribution in [-0.4, -0.2) is 28.2 Å². The third-order valence-electron chi connectivity index (χ3n) is 3.26. The Labute approximate surface area is 131 Å². The number of benzene rings is 1. The third-order valence-corrected chi connectivity index (χ3v) is 4.45. The number of aromatic amines is 1. The van der Waals surface area contributed by atoms with E-state index in [2.05, 4.69) is 15.3 Å². The molecule has 1 amide bonds. The average molecular weight is 313 g/mol. The molecule has 0 aliphatic heterocycles. The molecular weight excluding hydrogens is 298 g/mol. The number of amides is 1. The topological polar surface area (TPSA) is 74.8 Å². The summed E-state index contributed by atoms with van der Waals surface area (Å²) in [4.78, 5) is 32.1. The van der Waals surface area contributed by atoms with Gasteiger partial charge in [-0.15, -0.1) is 11.3 Å². The number of carbonyl (C=O) groups is 2. The summed E-state index contributed by atoms with van der Waals surface area (Å²) in [6, 6.07) is 11.2. The van der Waals surface area contributed by atoms with Gasteiger partial charge in [0, 0.05) is 13.0 Å². The molecule has 112 valence electrons. The first-order valence-corrected chi connectivity index (χ1v) is 7.78. The van der Waals surface area contributed by atoms with Crippen LogP contribution in [0.15, 0.2) is 36.4 Å².